The minimum absolute atomic E-state index is 0.312. The number of allylic oxidation sites excluding steroid dienone is 1. The van der Waals surface area contributed by atoms with Crippen LogP contribution in [0.3, 0.4) is 0 Å². The van der Waals surface area contributed by atoms with E-state index in [9.17, 15) is 0 Å². The van der Waals surface area contributed by atoms with Crippen LogP contribution in [0.25, 0.3) is 0 Å². The molecule has 3 heteroatoms. The Balaban J connectivity index is 2.66. The Morgan fingerprint density at radius 1 is 1.31 bits per heavy atom. The second-order valence-corrected chi connectivity index (χ2v) is 13.5. The molecule has 1 nitrogen and oxygen atoms in total. The summed E-state index contributed by atoms with van der Waals surface area (Å²) < 4.78 is 6.35. The molecule has 0 aliphatic heterocycles. The molecule has 0 fully saturated rings. The highest BCUT2D eigenvalue weighted by atomic mass is 32.2. The molecule has 0 aromatic carbocycles. The first-order valence-corrected chi connectivity index (χ1v) is 11.1. The average Bonchev–Trinajstić information content (AvgIpc) is 2.49. The van der Waals surface area contributed by atoms with Crippen molar-refractivity contribution in [3.05, 3.63) is 11.8 Å². The molecule has 0 aromatic rings. The van der Waals surface area contributed by atoms with Crippen molar-refractivity contribution < 1.29 is 4.43 Å². The largest absolute Gasteiger partial charge is 0.547 e. The monoisotopic (exact) mass is 259 g/mol. The van der Waals surface area contributed by atoms with Crippen molar-refractivity contribution in [2.45, 2.75) is 57.0 Å². The lowest BCUT2D eigenvalue weighted by Crippen LogP contribution is -2.40. The van der Waals surface area contributed by atoms with E-state index in [1.54, 1.807) is 0 Å². The predicted molar refractivity (Wildman–Crippen MR) is 78.6 cm³/mol. The molecule has 0 heterocycles. The van der Waals surface area contributed by atoms with Crippen molar-refractivity contribution in [1.29, 1.82) is 0 Å². The molecule has 0 bridgehead atoms. The van der Waals surface area contributed by atoms with Gasteiger partial charge in [-0.3, -0.25) is 0 Å². The normalized spacial score (nSPS) is 22.5. The van der Waals surface area contributed by atoms with E-state index in [4.69, 9.17) is 4.43 Å². The molecule has 1 unspecified atom stereocenters. The molecular formula is C13H27OSSi+. The van der Waals surface area contributed by atoms with E-state index < -0.39 is 8.32 Å². The van der Waals surface area contributed by atoms with Gasteiger partial charge in [-0.1, -0.05) is 20.8 Å². The highest BCUT2D eigenvalue weighted by Crippen LogP contribution is 2.39. The molecule has 1 aliphatic carbocycles. The lowest BCUT2D eigenvalue weighted by Gasteiger charge is -2.36. The smallest absolute Gasteiger partial charge is 0.250 e. The van der Waals surface area contributed by atoms with E-state index in [-0.39, 0.29) is 0 Å². The minimum atomic E-state index is -1.60. The van der Waals surface area contributed by atoms with E-state index in [1.165, 1.54) is 12.2 Å². The van der Waals surface area contributed by atoms with Crippen molar-refractivity contribution in [2.24, 2.45) is 0 Å². The van der Waals surface area contributed by atoms with Gasteiger partial charge in [0.25, 0.3) is 0 Å². The van der Waals surface area contributed by atoms with Crippen molar-refractivity contribution >= 4 is 19.2 Å². The Hall–Kier alpha value is 0.107. The molecule has 0 saturated carbocycles. The van der Waals surface area contributed by atoms with Crippen LogP contribution in [0.15, 0.2) is 11.8 Å². The Labute approximate surface area is 105 Å². The summed E-state index contributed by atoms with van der Waals surface area (Å²) in [5, 5.41) is 1.08. The zero-order chi connectivity index (χ0) is 12.6. The Kier molecular flexibility index (Phi) is 4.22. The van der Waals surface area contributed by atoms with Crippen molar-refractivity contribution in [3.63, 3.8) is 0 Å². The number of rotatable bonds is 3. The van der Waals surface area contributed by atoms with Gasteiger partial charge in [-0.15, -0.1) is 0 Å². The van der Waals surface area contributed by atoms with Gasteiger partial charge >= 0.3 is 0 Å². The molecule has 0 N–H and O–H groups in total. The SMILES string of the molecule is C[S+](C)C1C=C(O[Si](C)(C)C(C)(C)C)CC1. The van der Waals surface area contributed by atoms with Crippen LogP contribution in [0.5, 0.6) is 0 Å². The quantitative estimate of drug-likeness (QED) is 0.551. The van der Waals surface area contributed by atoms with Gasteiger partial charge in [0.2, 0.25) is 8.32 Å². The molecule has 16 heavy (non-hydrogen) atoms. The lowest BCUT2D eigenvalue weighted by atomic mass is 10.2. The molecule has 0 radical (unpaired) electrons. The first-order valence-electron chi connectivity index (χ1n) is 6.09. The highest BCUT2D eigenvalue weighted by molar-refractivity contribution is 7.96. The molecule has 0 aromatic heterocycles. The number of hydrogen-bond donors (Lipinski definition) is 0. The van der Waals surface area contributed by atoms with Gasteiger partial charge in [0, 0.05) is 18.9 Å². The first-order chi connectivity index (χ1) is 7.13. The van der Waals surface area contributed by atoms with E-state index in [2.05, 4.69) is 52.5 Å². The summed E-state index contributed by atoms with van der Waals surface area (Å²) >= 11 is 0. The molecule has 94 valence electrons. The van der Waals surface area contributed by atoms with E-state index in [1.807, 2.05) is 0 Å². The van der Waals surface area contributed by atoms with Gasteiger partial charge in [-0.25, -0.2) is 0 Å². The summed E-state index contributed by atoms with van der Waals surface area (Å²) in [4.78, 5) is 0. The third kappa shape index (κ3) is 3.30. The van der Waals surface area contributed by atoms with Crippen LogP contribution in [0, 0.1) is 0 Å². The van der Waals surface area contributed by atoms with Crippen LogP contribution in [-0.4, -0.2) is 26.1 Å². The fourth-order valence-corrected chi connectivity index (χ4v) is 3.74. The molecule has 1 rings (SSSR count). The summed E-state index contributed by atoms with van der Waals surface area (Å²) in [6.45, 7) is 11.6. The molecule has 0 saturated heterocycles. The van der Waals surface area contributed by atoms with Crippen LogP contribution in [0.1, 0.15) is 33.6 Å². The maximum absolute atomic E-state index is 6.35. The molecule has 1 atom stereocenters. The summed E-state index contributed by atoms with van der Waals surface area (Å²) in [6, 6.07) is 0. The van der Waals surface area contributed by atoms with Gasteiger partial charge < -0.3 is 4.43 Å². The fourth-order valence-electron chi connectivity index (χ4n) is 1.60. The van der Waals surface area contributed by atoms with Crippen molar-refractivity contribution in [3.8, 4) is 0 Å². The van der Waals surface area contributed by atoms with Crippen molar-refractivity contribution in [2.75, 3.05) is 12.5 Å². The van der Waals surface area contributed by atoms with Crippen LogP contribution >= 0.6 is 0 Å². The lowest BCUT2D eigenvalue weighted by molar-refractivity contribution is 0.373. The van der Waals surface area contributed by atoms with Crippen LogP contribution in [-0.2, 0) is 15.3 Å². The average molecular weight is 260 g/mol. The standard InChI is InChI=1S/C13H27OSSi/c1-13(2,3)16(6,7)14-11-8-9-12(10-11)15(4)5/h10,12H,8-9H2,1-7H3/q+1. The highest BCUT2D eigenvalue weighted by Gasteiger charge is 2.40. The molecule has 0 amide bonds. The Morgan fingerprint density at radius 3 is 2.25 bits per heavy atom. The summed E-state index contributed by atoms with van der Waals surface area (Å²) in [5.74, 6) is 1.28. The van der Waals surface area contributed by atoms with E-state index in [0.29, 0.717) is 15.9 Å². The van der Waals surface area contributed by atoms with Crippen LogP contribution in [0.2, 0.25) is 18.1 Å². The zero-order valence-corrected chi connectivity index (χ0v) is 13.7. The van der Waals surface area contributed by atoms with Crippen LogP contribution < -0.4 is 0 Å². The third-order valence-electron chi connectivity index (χ3n) is 3.84. The van der Waals surface area contributed by atoms with Gasteiger partial charge in [0.05, 0.1) is 18.3 Å². The topological polar surface area (TPSA) is 9.23 Å². The van der Waals surface area contributed by atoms with E-state index in [0.717, 1.165) is 11.7 Å². The molecule has 1 aliphatic rings. The number of hydrogen-bond acceptors (Lipinski definition) is 1. The second-order valence-electron chi connectivity index (χ2n) is 6.45. The summed E-state index contributed by atoms with van der Waals surface area (Å²) in [5.41, 5.74) is 0. The molecule has 0 spiro atoms. The maximum Gasteiger partial charge on any atom is 0.250 e. The predicted octanol–water partition coefficient (Wildman–Crippen LogP) is 3.93. The van der Waals surface area contributed by atoms with Gasteiger partial charge in [0.1, 0.15) is 5.25 Å². The van der Waals surface area contributed by atoms with E-state index >= 15 is 0 Å². The summed E-state index contributed by atoms with van der Waals surface area (Å²) in [7, 11) is -1.10. The Bertz CT molecular complexity index is 276. The van der Waals surface area contributed by atoms with Gasteiger partial charge in [0.15, 0.2) is 0 Å². The van der Waals surface area contributed by atoms with Gasteiger partial charge in [-0.05, 0) is 29.0 Å². The van der Waals surface area contributed by atoms with Gasteiger partial charge in [-0.2, -0.15) is 0 Å². The molecular weight excluding hydrogens is 232 g/mol. The zero-order valence-electron chi connectivity index (χ0n) is 11.9. The minimum Gasteiger partial charge on any atom is -0.547 e. The fraction of sp³-hybridized carbons (Fsp3) is 0.846. The maximum atomic E-state index is 6.35. The first kappa shape index (κ1) is 14.2. The third-order valence-corrected chi connectivity index (χ3v) is 9.81. The summed E-state index contributed by atoms with van der Waals surface area (Å²) in [6.07, 6.45) is 9.50. The van der Waals surface area contributed by atoms with Crippen LogP contribution in [0.4, 0.5) is 0 Å². The second kappa shape index (κ2) is 4.77. The Morgan fingerprint density at radius 2 is 1.88 bits per heavy atom. The van der Waals surface area contributed by atoms with Crippen molar-refractivity contribution in [1.82, 2.24) is 0 Å².